The minimum Gasteiger partial charge on any atom is -0.394 e. The molecule has 0 amide bonds. The van der Waals surface area contributed by atoms with Crippen molar-refractivity contribution in [3.63, 3.8) is 0 Å². The molecule has 1 aromatic carbocycles. The molecule has 4 atom stereocenters. The highest BCUT2D eigenvalue weighted by Gasteiger charge is 2.29. The molecule has 118 valence electrons. The van der Waals surface area contributed by atoms with Crippen LogP contribution in [0.5, 0.6) is 0 Å². The van der Waals surface area contributed by atoms with Crippen molar-refractivity contribution in [3.05, 3.63) is 27.7 Å². The van der Waals surface area contributed by atoms with Gasteiger partial charge in [0, 0.05) is 11.2 Å². The van der Waals surface area contributed by atoms with Gasteiger partial charge in [-0.25, -0.2) is 0 Å². The predicted octanol–water partition coefficient (Wildman–Crippen LogP) is 0.440. The van der Waals surface area contributed by atoms with Crippen LogP contribution in [0.2, 0.25) is 10.0 Å². The maximum absolute atomic E-state index is 9.69. The van der Waals surface area contributed by atoms with Crippen molar-refractivity contribution < 1.29 is 25.5 Å². The van der Waals surface area contributed by atoms with E-state index in [-0.39, 0.29) is 5.02 Å². The molecule has 8 heteroatoms. The van der Waals surface area contributed by atoms with Crippen LogP contribution >= 0.6 is 23.2 Å². The van der Waals surface area contributed by atoms with Crippen LogP contribution in [0, 0.1) is 6.92 Å². The molecule has 1 aromatic rings. The summed E-state index contributed by atoms with van der Waals surface area (Å²) in [7, 11) is 0. The van der Waals surface area contributed by atoms with Gasteiger partial charge in [0.2, 0.25) is 0 Å². The van der Waals surface area contributed by atoms with E-state index in [0.29, 0.717) is 10.7 Å². The highest BCUT2D eigenvalue weighted by atomic mass is 35.5. The van der Waals surface area contributed by atoms with Gasteiger partial charge in [0.1, 0.15) is 24.4 Å². The highest BCUT2D eigenvalue weighted by molar-refractivity contribution is 6.36. The molecule has 0 saturated carbocycles. The van der Waals surface area contributed by atoms with Gasteiger partial charge in [-0.15, -0.1) is 0 Å². The number of aliphatic hydroxyl groups is 5. The fourth-order valence-electron chi connectivity index (χ4n) is 1.52. The van der Waals surface area contributed by atoms with Crippen LogP contribution in [-0.2, 0) is 0 Å². The van der Waals surface area contributed by atoms with Gasteiger partial charge in [0.05, 0.1) is 17.3 Å². The van der Waals surface area contributed by atoms with Gasteiger partial charge in [-0.3, -0.25) is 4.99 Å². The molecule has 0 aliphatic rings. The van der Waals surface area contributed by atoms with Crippen molar-refractivity contribution >= 4 is 35.1 Å². The second-order valence-corrected chi connectivity index (χ2v) is 5.37. The van der Waals surface area contributed by atoms with Crippen LogP contribution in [-0.4, -0.2) is 62.8 Å². The third-order valence-corrected chi connectivity index (χ3v) is 3.59. The Labute approximate surface area is 131 Å². The molecule has 0 saturated heterocycles. The molecule has 21 heavy (non-hydrogen) atoms. The number of hydrogen-bond acceptors (Lipinski definition) is 6. The largest absolute Gasteiger partial charge is 0.394 e. The first kappa shape index (κ1) is 18.3. The third kappa shape index (κ3) is 4.89. The van der Waals surface area contributed by atoms with Crippen molar-refractivity contribution in [2.45, 2.75) is 31.3 Å². The first-order chi connectivity index (χ1) is 9.77. The van der Waals surface area contributed by atoms with Crippen molar-refractivity contribution in [1.29, 1.82) is 0 Å². The minimum atomic E-state index is -1.71. The van der Waals surface area contributed by atoms with Gasteiger partial charge in [0.15, 0.2) is 0 Å². The summed E-state index contributed by atoms with van der Waals surface area (Å²) in [6, 6.07) is 3.09. The maximum Gasteiger partial charge on any atom is 0.118 e. The third-order valence-electron chi connectivity index (χ3n) is 2.88. The zero-order valence-electron chi connectivity index (χ0n) is 11.2. The van der Waals surface area contributed by atoms with E-state index in [0.717, 1.165) is 11.8 Å². The molecular weight excluding hydrogens is 321 g/mol. The van der Waals surface area contributed by atoms with Crippen LogP contribution in [0.4, 0.5) is 5.69 Å². The lowest BCUT2D eigenvalue weighted by Gasteiger charge is -2.23. The van der Waals surface area contributed by atoms with Gasteiger partial charge in [0.25, 0.3) is 0 Å². The molecule has 0 aromatic heterocycles. The number of aryl methyl sites for hydroxylation is 1. The van der Waals surface area contributed by atoms with Crippen molar-refractivity contribution in [2.24, 2.45) is 4.99 Å². The van der Waals surface area contributed by atoms with Gasteiger partial charge < -0.3 is 25.5 Å². The summed E-state index contributed by atoms with van der Waals surface area (Å²) in [5.41, 5.74) is 1.07. The molecule has 0 radical (unpaired) electrons. The topological polar surface area (TPSA) is 114 Å². The van der Waals surface area contributed by atoms with E-state index in [1.165, 1.54) is 6.07 Å². The number of aliphatic imine (C=N–C) groups is 1. The van der Waals surface area contributed by atoms with Crippen LogP contribution in [0.15, 0.2) is 17.1 Å². The maximum atomic E-state index is 9.69. The van der Waals surface area contributed by atoms with E-state index in [2.05, 4.69) is 4.99 Å². The van der Waals surface area contributed by atoms with Crippen LogP contribution in [0.25, 0.3) is 0 Å². The monoisotopic (exact) mass is 337 g/mol. The normalized spacial score (nSPS) is 17.7. The molecular formula is C13H17Cl2NO5. The molecule has 0 aliphatic heterocycles. The van der Waals surface area contributed by atoms with E-state index in [1.807, 2.05) is 0 Å². The van der Waals surface area contributed by atoms with Crippen molar-refractivity contribution in [3.8, 4) is 0 Å². The quantitative estimate of drug-likeness (QED) is 0.483. The zero-order chi connectivity index (χ0) is 16.2. The first-order valence-corrected chi connectivity index (χ1v) is 6.86. The number of hydrogen-bond donors (Lipinski definition) is 5. The van der Waals surface area contributed by atoms with E-state index in [1.54, 1.807) is 13.0 Å². The van der Waals surface area contributed by atoms with Crippen molar-refractivity contribution in [1.82, 2.24) is 0 Å². The van der Waals surface area contributed by atoms with Gasteiger partial charge in [-0.1, -0.05) is 23.2 Å². The molecule has 0 heterocycles. The summed E-state index contributed by atoms with van der Waals surface area (Å²) in [5.74, 6) is 0. The fraction of sp³-hybridized carbons (Fsp3) is 0.462. The molecule has 0 fully saturated rings. The average molecular weight is 338 g/mol. The lowest BCUT2D eigenvalue weighted by Crippen LogP contribution is -2.46. The highest BCUT2D eigenvalue weighted by Crippen LogP contribution is 2.30. The van der Waals surface area contributed by atoms with Crippen LogP contribution in [0.3, 0.4) is 0 Å². The van der Waals surface area contributed by atoms with Crippen LogP contribution < -0.4 is 0 Å². The molecule has 0 bridgehead atoms. The summed E-state index contributed by atoms with van der Waals surface area (Å²) >= 11 is 11.8. The Morgan fingerprint density at radius 1 is 1.10 bits per heavy atom. The second kappa shape index (κ2) is 8.05. The average Bonchev–Trinajstić information content (AvgIpc) is 2.46. The van der Waals surface area contributed by atoms with E-state index in [9.17, 15) is 20.4 Å². The Hall–Kier alpha value is -0.730. The van der Waals surface area contributed by atoms with E-state index in [4.69, 9.17) is 28.3 Å². The predicted molar refractivity (Wildman–Crippen MR) is 80.5 cm³/mol. The smallest absolute Gasteiger partial charge is 0.118 e. The van der Waals surface area contributed by atoms with Crippen molar-refractivity contribution in [2.75, 3.05) is 6.61 Å². The Morgan fingerprint density at radius 2 is 1.71 bits per heavy atom. The fourth-order valence-corrected chi connectivity index (χ4v) is 1.96. The molecule has 1 rings (SSSR count). The number of benzene rings is 1. The minimum absolute atomic E-state index is 0.263. The number of aliphatic hydroxyl groups excluding tert-OH is 5. The molecule has 0 aliphatic carbocycles. The first-order valence-electron chi connectivity index (χ1n) is 6.11. The van der Waals surface area contributed by atoms with E-state index < -0.39 is 31.0 Å². The van der Waals surface area contributed by atoms with Gasteiger partial charge in [-0.05, 0) is 24.6 Å². The van der Waals surface area contributed by atoms with Gasteiger partial charge in [-0.2, -0.15) is 0 Å². The lowest BCUT2D eigenvalue weighted by atomic mass is 10.0. The molecule has 6 nitrogen and oxygen atoms in total. The molecule has 5 N–H and O–H groups in total. The SMILES string of the molecule is Cc1cc(N=C[C@H](O)[C@H](O)[C@@H](O)[C@@H](O)CO)c(Cl)cc1Cl. The lowest BCUT2D eigenvalue weighted by molar-refractivity contribution is -0.0999. The summed E-state index contributed by atoms with van der Waals surface area (Å²) in [6.45, 7) is 1.01. The molecule has 0 unspecified atom stereocenters. The number of rotatable bonds is 6. The Morgan fingerprint density at radius 3 is 2.29 bits per heavy atom. The van der Waals surface area contributed by atoms with Gasteiger partial charge >= 0.3 is 0 Å². The summed E-state index contributed by atoms with van der Waals surface area (Å²) in [6.07, 6.45) is -5.55. The Balaban J connectivity index is 2.83. The van der Waals surface area contributed by atoms with Crippen LogP contribution in [0.1, 0.15) is 5.56 Å². The molecule has 0 spiro atoms. The number of halogens is 2. The summed E-state index contributed by atoms with van der Waals surface area (Å²) in [4.78, 5) is 3.92. The summed E-state index contributed by atoms with van der Waals surface area (Å²) < 4.78 is 0. The number of nitrogens with zero attached hydrogens (tertiary/aromatic N) is 1. The second-order valence-electron chi connectivity index (χ2n) is 4.55. The standard InChI is InChI=1S/C13H17Cl2NO5/c1-6-2-9(8(15)3-7(6)14)16-4-10(18)12(20)13(21)11(19)5-17/h2-4,10-13,17-21H,5H2,1H3/t10-,11-,12-,13-/m0/s1. The van der Waals surface area contributed by atoms with E-state index >= 15 is 0 Å². The zero-order valence-corrected chi connectivity index (χ0v) is 12.7. The summed E-state index contributed by atoms with van der Waals surface area (Å²) in [5, 5.41) is 47.4. The Bertz CT molecular complexity index is 512. The Kier molecular flexibility index (Phi) is 7.02.